The number of hydrogen-bond acceptors (Lipinski definition) is 7. The third-order valence-electron chi connectivity index (χ3n) is 6.77. The van der Waals surface area contributed by atoms with Crippen LogP contribution >= 0.6 is 0 Å². The molecule has 0 radical (unpaired) electrons. The first kappa shape index (κ1) is 25.6. The van der Waals surface area contributed by atoms with E-state index in [4.69, 9.17) is 0 Å². The summed E-state index contributed by atoms with van der Waals surface area (Å²) in [5, 5.41) is 26.5. The van der Waals surface area contributed by atoms with Gasteiger partial charge in [-0.1, -0.05) is 55.5 Å². The van der Waals surface area contributed by atoms with E-state index in [1.165, 1.54) is 13.0 Å². The summed E-state index contributed by atoms with van der Waals surface area (Å²) in [5.74, 6) is -3.35. The Labute approximate surface area is 225 Å². The Morgan fingerprint density at radius 2 is 1.77 bits per heavy atom. The summed E-state index contributed by atoms with van der Waals surface area (Å²) in [6.45, 7) is 2.84. The predicted octanol–water partition coefficient (Wildman–Crippen LogP) is -2.69. The van der Waals surface area contributed by atoms with Crippen LogP contribution < -0.4 is 34.7 Å². The average Bonchev–Trinajstić information content (AvgIpc) is 3.04. The van der Waals surface area contributed by atoms with Gasteiger partial charge in [-0.2, -0.15) is 17.9 Å². The number of carboxylic acid groups (broad SMARTS) is 1. The number of sulfonamides is 1. The monoisotopic (exact) mass is 503 g/mol. The molecule has 0 aliphatic carbocycles. The van der Waals surface area contributed by atoms with Gasteiger partial charge in [0.05, 0.1) is 41.2 Å². The van der Waals surface area contributed by atoms with Crippen molar-refractivity contribution < 1.29 is 57.8 Å². The summed E-state index contributed by atoms with van der Waals surface area (Å²) in [5.41, 5.74) is 1.47. The van der Waals surface area contributed by atoms with Gasteiger partial charge in [-0.25, -0.2) is 0 Å². The fourth-order valence-electron chi connectivity index (χ4n) is 5.14. The van der Waals surface area contributed by atoms with Gasteiger partial charge in [-0.15, -0.1) is 0 Å². The van der Waals surface area contributed by atoms with Gasteiger partial charge in [0.25, 0.3) is 10.0 Å². The normalized spacial score (nSPS) is 25.2. The molecule has 1 fully saturated rings. The predicted molar refractivity (Wildman–Crippen MR) is 119 cm³/mol. The number of fused-ring (bicyclic) bond motifs is 2. The number of rotatable bonds is 5. The number of β-lactam (4-membered cyclic amide) rings is 1. The Balaban J connectivity index is 0.00000289. The van der Waals surface area contributed by atoms with E-state index >= 15 is 0 Å². The Morgan fingerprint density at radius 1 is 1.14 bits per heavy atom. The first-order chi connectivity index (χ1) is 16.1. The second kappa shape index (κ2) is 9.18. The summed E-state index contributed by atoms with van der Waals surface area (Å²) >= 11 is 0. The van der Waals surface area contributed by atoms with Crippen LogP contribution in [0.2, 0.25) is 0 Å². The molecule has 0 aromatic heterocycles. The summed E-state index contributed by atoms with van der Waals surface area (Å²) in [6.07, 6.45) is -0.966. The summed E-state index contributed by atoms with van der Waals surface area (Å²) < 4.78 is 27.8. The van der Waals surface area contributed by atoms with E-state index in [0.29, 0.717) is 16.8 Å². The molecule has 3 aliphatic rings. The molecule has 9 nitrogen and oxygen atoms in total. The average molecular weight is 504 g/mol. The third kappa shape index (κ3) is 3.84. The van der Waals surface area contributed by atoms with Gasteiger partial charge in [0, 0.05) is 17.0 Å². The van der Waals surface area contributed by atoms with Crippen LogP contribution in [0, 0.1) is 11.8 Å². The van der Waals surface area contributed by atoms with Crippen LogP contribution in [0.25, 0.3) is 0 Å². The first-order valence-corrected chi connectivity index (χ1v) is 12.3. The van der Waals surface area contributed by atoms with Crippen molar-refractivity contribution in [1.29, 1.82) is 0 Å². The molecule has 4 unspecified atom stereocenters. The van der Waals surface area contributed by atoms with Gasteiger partial charge < -0.3 is 19.9 Å². The minimum absolute atomic E-state index is 0. The van der Waals surface area contributed by atoms with Gasteiger partial charge in [0.1, 0.15) is 5.71 Å². The van der Waals surface area contributed by atoms with Crippen molar-refractivity contribution in [2.75, 3.05) is 6.54 Å². The molecule has 0 bridgehead atoms. The fourth-order valence-corrected chi connectivity index (χ4v) is 6.56. The Kier molecular flexibility index (Phi) is 6.71. The Hall–Kier alpha value is -2.50. The molecule has 2 aromatic carbocycles. The van der Waals surface area contributed by atoms with Crippen LogP contribution in [-0.2, 0) is 19.6 Å². The molecule has 0 spiro atoms. The molecule has 4 atom stereocenters. The molecule has 1 amide bonds. The van der Waals surface area contributed by atoms with Crippen molar-refractivity contribution in [1.82, 2.24) is 9.31 Å². The maximum Gasteiger partial charge on any atom is 1.00 e. The molecule has 3 heterocycles. The van der Waals surface area contributed by atoms with Crippen LogP contribution in [-0.4, -0.2) is 59.1 Å². The number of carbonyl (C=O) groups is 2. The van der Waals surface area contributed by atoms with Crippen molar-refractivity contribution in [3.63, 3.8) is 0 Å². The first-order valence-electron chi connectivity index (χ1n) is 10.9. The van der Waals surface area contributed by atoms with Gasteiger partial charge in [0.15, 0.2) is 0 Å². The largest absolute Gasteiger partial charge is 1.00 e. The van der Waals surface area contributed by atoms with Gasteiger partial charge in [-0.05, 0) is 18.6 Å². The molecule has 0 saturated carbocycles. The van der Waals surface area contributed by atoms with E-state index in [9.17, 15) is 28.2 Å². The van der Waals surface area contributed by atoms with E-state index in [1.807, 2.05) is 30.3 Å². The second-order valence-corrected chi connectivity index (χ2v) is 10.5. The quantitative estimate of drug-likeness (QED) is 0.349. The van der Waals surface area contributed by atoms with E-state index in [0.717, 1.165) is 9.31 Å². The van der Waals surface area contributed by atoms with E-state index in [-0.39, 0.29) is 52.3 Å². The molecule has 2 aromatic rings. The summed E-state index contributed by atoms with van der Waals surface area (Å²) in [4.78, 5) is 25.8. The fraction of sp³-hybridized carbons (Fsp3) is 0.292. The number of aliphatic hydroxyl groups is 1. The number of hydrogen-bond donors (Lipinski definition) is 1. The van der Waals surface area contributed by atoms with Crippen molar-refractivity contribution in [3.8, 4) is 0 Å². The van der Waals surface area contributed by atoms with Crippen molar-refractivity contribution in [2.24, 2.45) is 16.9 Å². The number of carbonyl (C=O) groups excluding carboxylic acids is 2. The molecular formula is C24H22N3NaO6S. The van der Waals surface area contributed by atoms with Crippen LogP contribution in [0.4, 0.5) is 0 Å². The number of nitrogens with zero attached hydrogens (tertiary/aromatic N) is 3. The molecular weight excluding hydrogens is 481 g/mol. The summed E-state index contributed by atoms with van der Waals surface area (Å²) in [6, 6.07) is 15.0. The Morgan fingerprint density at radius 3 is 2.40 bits per heavy atom. The van der Waals surface area contributed by atoms with Crippen molar-refractivity contribution in [2.45, 2.75) is 30.9 Å². The molecule has 3 aliphatic heterocycles. The molecule has 5 rings (SSSR count). The third-order valence-corrected chi connectivity index (χ3v) is 8.45. The number of amides is 1. The zero-order valence-corrected chi connectivity index (χ0v) is 22.3. The number of carboxylic acids is 1. The van der Waals surface area contributed by atoms with Crippen molar-refractivity contribution >= 4 is 27.6 Å². The number of aliphatic carboxylic acids is 1. The van der Waals surface area contributed by atoms with Crippen LogP contribution in [0.1, 0.15) is 25.0 Å². The Bertz CT molecular complexity index is 1370. The van der Waals surface area contributed by atoms with E-state index in [2.05, 4.69) is 5.10 Å². The van der Waals surface area contributed by atoms with Gasteiger partial charge in [0.2, 0.25) is 5.91 Å². The molecule has 11 heteroatoms. The standard InChI is InChI=1S/C24H23N3O6S.Na/c1-13-17(22(24(30)31)27-21(13)19(14(2)28)23(27)29)12-26-25-20(15-8-4-3-5-9-15)16-10-6-7-11-18(16)34(26,32)33;/h3-11,13-14,19,21,28H,12H2,1-2H3,(H,30,31);/q;+1/p-1. The van der Waals surface area contributed by atoms with Crippen LogP contribution in [0.3, 0.4) is 0 Å². The van der Waals surface area contributed by atoms with E-state index < -0.39 is 45.9 Å². The topological polar surface area (TPSA) is 130 Å². The molecule has 176 valence electrons. The number of hydrazone groups is 1. The summed E-state index contributed by atoms with van der Waals surface area (Å²) in [7, 11) is -4.10. The smallest absolute Gasteiger partial charge is 0.543 e. The second-order valence-electron chi connectivity index (χ2n) is 8.71. The zero-order chi connectivity index (χ0) is 24.4. The molecule has 1 saturated heterocycles. The van der Waals surface area contributed by atoms with E-state index in [1.54, 1.807) is 25.1 Å². The number of benzene rings is 2. The van der Waals surface area contributed by atoms with Gasteiger partial charge >= 0.3 is 29.6 Å². The maximum absolute atomic E-state index is 13.5. The molecule has 1 N–H and O–H groups in total. The molecule has 35 heavy (non-hydrogen) atoms. The van der Waals surface area contributed by atoms with Crippen molar-refractivity contribution in [3.05, 3.63) is 77.0 Å². The zero-order valence-electron chi connectivity index (χ0n) is 19.5. The minimum atomic E-state index is -4.10. The van der Waals surface area contributed by atoms with Crippen LogP contribution in [0.5, 0.6) is 0 Å². The minimum Gasteiger partial charge on any atom is -0.543 e. The number of aliphatic hydroxyl groups excluding tert-OH is 1. The van der Waals surface area contributed by atoms with Crippen LogP contribution in [0.15, 0.2) is 75.9 Å². The SMILES string of the molecule is CC(O)C1C(=O)N2C(C(=O)[O-])=C(CN3N=C(c4ccccc4)c4ccccc4S3(=O)=O)C(C)C12.[Na+]. The maximum atomic E-state index is 13.5. The van der Waals surface area contributed by atoms with Gasteiger partial charge in [-0.3, -0.25) is 4.79 Å².